The van der Waals surface area contributed by atoms with Crippen LogP contribution in [-0.2, 0) is 16.1 Å². The van der Waals surface area contributed by atoms with Gasteiger partial charge >= 0.3 is 6.09 Å². The van der Waals surface area contributed by atoms with Crippen LogP contribution in [0.25, 0.3) is 11.3 Å². The molecule has 0 aliphatic carbocycles. The van der Waals surface area contributed by atoms with Crippen molar-refractivity contribution in [3.05, 3.63) is 60.3 Å². The van der Waals surface area contributed by atoms with Crippen molar-refractivity contribution in [3.8, 4) is 22.8 Å². The first kappa shape index (κ1) is 24.5. The standard InChI is InChI=1S/C26H28N6O5/c27-8-11-35-19-7-10-29-21(13-19)18-3-1-2-17(12-18)14-28-9-6-20-15-32(26(34)37-20)23-5-4-22-25(30-23)31-24(33)16-36-22/h1-5,7,10,12-13,20,28H,6,8-9,11,14-16,27H2,(H,30,31,33)/t20-/m0/s1. The number of hydrogen-bond donors (Lipinski definition) is 3. The Hall–Kier alpha value is -4.22. The zero-order chi connectivity index (χ0) is 25.6. The number of carbonyl (C=O) groups excluding carboxylic acids is 2. The van der Waals surface area contributed by atoms with Crippen molar-refractivity contribution in [1.82, 2.24) is 15.3 Å². The molecule has 37 heavy (non-hydrogen) atoms. The monoisotopic (exact) mass is 504 g/mol. The van der Waals surface area contributed by atoms with Gasteiger partial charge in [0.25, 0.3) is 5.91 Å². The summed E-state index contributed by atoms with van der Waals surface area (Å²) in [7, 11) is 0. The second kappa shape index (κ2) is 11.2. The van der Waals surface area contributed by atoms with Gasteiger partial charge in [-0.25, -0.2) is 9.78 Å². The highest BCUT2D eigenvalue weighted by molar-refractivity contribution is 5.95. The van der Waals surface area contributed by atoms with Crippen LogP contribution in [0, 0.1) is 0 Å². The van der Waals surface area contributed by atoms with Crippen molar-refractivity contribution < 1.29 is 23.8 Å². The molecule has 0 bridgehead atoms. The number of cyclic esters (lactones) is 1. The molecule has 0 saturated carbocycles. The van der Waals surface area contributed by atoms with Crippen molar-refractivity contribution in [1.29, 1.82) is 0 Å². The number of ether oxygens (including phenoxy) is 3. The maximum atomic E-state index is 12.4. The number of nitrogens with two attached hydrogens (primary N) is 1. The Morgan fingerprint density at radius 3 is 3.00 bits per heavy atom. The molecule has 2 aliphatic rings. The van der Waals surface area contributed by atoms with Gasteiger partial charge in [0, 0.05) is 30.9 Å². The minimum Gasteiger partial charge on any atom is -0.492 e. The van der Waals surface area contributed by atoms with Crippen LogP contribution >= 0.6 is 0 Å². The molecule has 0 unspecified atom stereocenters. The van der Waals surface area contributed by atoms with E-state index in [1.165, 1.54) is 4.90 Å². The van der Waals surface area contributed by atoms with E-state index in [4.69, 9.17) is 19.9 Å². The molecule has 0 radical (unpaired) electrons. The van der Waals surface area contributed by atoms with Gasteiger partial charge < -0.3 is 30.6 Å². The van der Waals surface area contributed by atoms with Crippen molar-refractivity contribution in [3.63, 3.8) is 0 Å². The van der Waals surface area contributed by atoms with Gasteiger partial charge in [0.2, 0.25) is 0 Å². The summed E-state index contributed by atoms with van der Waals surface area (Å²) in [5.41, 5.74) is 8.45. The van der Waals surface area contributed by atoms with E-state index in [1.54, 1.807) is 18.3 Å². The van der Waals surface area contributed by atoms with E-state index in [9.17, 15) is 9.59 Å². The molecule has 192 valence electrons. The van der Waals surface area contributed by atoms with Crippen LogP contribution < -0.4 is 30.7 Å². The van der Waals surface area contributed by atoms with E-state index < -0.39 is 6.09 Å². The Morgan fingerprint density at radius 1 is 1.19 bits per heavy atom. The highest BCUT2D eigenvalue weighted by Gasteiger charge is 2.33. The van der Waals surface area contributed by atoms with Gasteiger partial charge in [-0.05, 0) is 42.8 Å². The number of amides is 2. The highest BCUT2D eigenvalue weighted by Crippen LogP contribution is 2.30. The molecular weight excluding hydrogens is 476 g/mol. The summed E-state index contributed by atoms with van der Waals surface area (Å²) in [6, 6.07) is 15.2. The van der Waals surface area contributed by atoms with Gasteiger partial charge in [-0.3, -0.25) is 14.7 Å². The number of anilines is 2. The van der Waals surface area contributed by atoms with Gasteiger partial charge in [0.15, 0.2) is 18.2 Å². The van der Waals surface area contributed by atoms with Crippen LogP contribution in [0.4, 0.5) is 16.4 Å². The molecular formula is C26H28N6O5. The molecule has 11 heteroatoms. The molecule has 2 amide bonds. The first-order chi connectivity index (χ1) is 18.1. The number of fused-ring (bicyclic) bond motifs is 1. The summed E-state index contributed by atoms with van der Waals surface area (Å²) in [6.45, 7) is 2.57. The number of nitrogens with zero attached hydrogens (tertiary/aromatic N) is 3. The quantitative estimate of drug-likeness (QED) is 0.355. The molecule has 4 heterocycles. The van der Waals surface area contributed by atoms with Crippen LogP contribution in [0.3, 0.4) is 0 Å². The third kappa shape index (κ3) is 5.96. The van der Waals surface area contributed by atoms with E-state index in [0.717, 1.165) is 22.6 Å². The predicted molar refractivity (Wildman–Crippen MR) is 137 cm³/mol. The van der Waals surface area contributed by atoms with E-state index >= 15 is 0 Å². The Morgan fingerprint density at radius 2 is 2.11 bits per heavy atom. The van der Waals surface area contributed by atoms with Gasteiger partial charge in [-0.15, -0.1) is 0 Å². The second-order valence-corrected chi connectivity index (χ2v) is 8.65. The number of pyridine rings is 2. The van der Waals surface area contributed by atoms with Crippen LogP contribution in [0.1, 0.15) is 12.0 Å². The maximum Gasteiger partial charge on any atom is 0.415 e. The van der Waals surface area contributed by atoms with Crippen LogP contribution in [-0.4, -0.2) is 60.9 Å². The number of aromatic nitrogens is 2. The van der Waals surface area contributed by atoms with Gasteiger partial charge in [0.1, 0.15) is 24.3 Å². The van der Waals surface area contributed by atoms with Crippen molar-refractivity contribution in [2.45, 2.75) is 19.1 Å². The third-order valence-electron chi connectivity index (χ3n) is 5.92. The Kier molecular flexibility index (Phi) is 7.43. The maximum absolute atomic E-state index is 12.4. The van der Waals surface area contributed by atoms with E-state index in [1.807, 2.05) is 30.3 Å². The van der Waals surface area contributed by atoms with Crippen molar-refractivity contribution in [2.75, 3.05) is 43.1 Å². The van der Waals surface area contributed by atoms with Crippen molar-refractivity contribution in [2.24, 2.45) is 5.73 Å². The molecule has 5 rings (SSSR count). The predicted octanol–water partition coefficient (Wildman–Crippen LogP) is 2.32. The normalized spacial score (nSPS) is 16.6. The fourth-order valence-electron chi connectivity index (χ4n) is 4.13. The van der Waals surface area contributed by atoms with Gasteiger partial charge in [-0.1, -0.05) is 18.2 Å². The van der Waals surface area contributed by atoms with Crippen LogP contribution in [0.5, 0.6) is 11.5 Å². The Labute approximate surface area is 213 Å². The Balaban J connectivity index is 1.12. The summed E-state index contributed by atoms with van der Waals surface area (Å²) in [4.78, 5) is 34.3. The molecule has 1 saturated heterocycles. The summed E-state index contributed by atoms with van der Waals surface area (Å²) in [6.07, 6.45) is 1.64. The lowest BCUT2D eigenvalue weighted by Crippen LogP contribution is -2.29. The molecule has 2 aromatic heterocycles. The van der Waals surface area contributed by atoms with Crippen LogP contribution in [0.2, 0.25) is 0 Å². The summed E-state index contributed by atoms with van der Waals surface area (Å²) < 4.78 is 16.5. The molecule has 11 nitrogen and oxygen atoms in total. The lowest BCUT2D eigenvalue weighted by atomic mass is 10.1. The lowest BCUT2D eigenvalue weighted by molar-refractivity contribution is -0.118. The average molecular weight is 505 g/mol. The van der Waals surface area contributed by atoms with E-state index in [0.29, 0.717) is 56.6 Å². The topological polar surface area (TPSA) is 141 Å². The smallest absolute Gasteiger partial charge is 0.415 e. The second-order valence-electron chi connectivity index (χ2n) is 8.65. The molecule has 0 spiro atoms. The van der Waals surface area contributed by atoms with Crippen molar-refractivity contribution >= 4 is 23.6 Å². The largest absolute Gasteiger partial charge is 0.492 e. The fourth-order valence-corrected chi connectivity index (χ4v) is 4.13. The minimum absolute atomic E-state index is 0.0482. The molecule has 1 aromatic carbocycles. The molecule has 1 fully saturated rings. The Bertz CT molecular complexity index is 1290. The number of hydrogen-bond acceptors (Lipinski definition) is 9. The summed E-state index contributed by atoms with van der Waals surface area (Å²) in [5, 5.41) is 6.07. The van der Waals surface area contributed by atoms with Crippen LogP contribution in [0.15, 0.2) is 54.7 Å². The summed E-state index contributed by atoms with van der Waals surface area (Å²) >= 11 is 0. The minimum atomic E-state index is -0.460. The molecule has 1 atom stereocenters. The summed E-state index contributed by atoms with van der Waals surface area (Å²) in [5.74, 6) is 1.65. The molecule has 4 N–H and O–H groups in total. The SMILES string of the molecule is NCCOc1ccnc(-c2cccc(CNCC[C@H]3CN(c4ccc5c(n4)NC(=O)CO5)C(=O)O3)c2)c1. The van der Waals surface area contributed by atoms with E-state index in [-0.39, 0.29) is 18.6 Å². The number of benzene rings is 1. The first-order valence-electron chi connectivity index (χ1n) is 12.1. The van der Waals surface area contributed by atoms with Gasteiger partial charge in [-0.2, -0.15) is 0 Å². The zero-order valence-electron chi connectivity index (χ0n) is 20.2. The first-order valence-corrected chi connectivity index (χ1v) is 12.1. The number of rotatable bonds is 10. The average Bonchev–Trinajstić information content (AvgIpc) is 3.30. The molecule has 3 aromatic rings. The zero-order valence-corrected chi connectivity index (χ0v) is 20.2. The van der Waals surface area contributed by atoms with Gasteiger partial charge in [0.05, 0.1) is 12.2 Å². The number of carbonyl (C=O) groups is 2. The fraction of sp³-hybridized carbons (Fsp3) is 0.308. The third-order valence-corrected chi connectivity index (χ3v) is 5.92. The molecule has 2 aliphatic heterocycles. The highest BCUT2D eigenvalue weighted by atomic mass is 16.6. The number of nitrogens with one attached hydrogen (secondary N) is 2. The lowest BCUT2D eigenvalue weighted by Gasteiger charge is -2.19. The van der Waals surface area contributed by atoms with E-state index in [2.05, 4.69) is 26.7 Å².